The van der Waals surface area contributed by atoms with Crippen LogP contribution in [0.1, 0.15) is 11.1 Å². The third kappa shape index (κ3) is 1.87. The summed E-state index contributed by atoms with van der Waals surface area (Å²) >= 11 is 0. The molecule has 68 valence electrons. The van der Waals surface area contributed by atoms with E-state index >= 15 is 0 Å². The van der Waals surface area contributed by atoms with Crippen molar-refractivity contribution in [1.82, 2.24) is 0 Å². The van der Waals surface area contributed by atoms with Crippen LogP contribution >= 0.6 is 0 Å². The number of carbonyl (C=O) groups is 1. The zero-order chi connectivity index (χ0) is 9.84. The highest BCUT2D eigenvalue weighted by Crippen LogP contribution is 2.17. The molecule has 3 heteroatoms. The fraction of sp³-hybridized carbons (Fsp3) is 0.100. The van der Waals surface area contributed by atoms with Gasteiger partial charge in [0.05, 0.1) is 6.26 Å². The molecule has 13 heavy (non-hydrogen) atoms. The fourth-order valence-electron chi connectivity index (χ4n) is 1.12. The smallest absolute Gasteiger partial charge is 0.339 e. The minimum absolute atomic E-state index is 0.0851. The first-order valence-electron chi connectivity index (χ1n) is 3.80. The number of aliphatic hydroxyl groups excluding tert-OH is 1. The zero-order valence-corrected chi connectivity index (χ0v) is 7.19. The number of hydrogen-bond acceptors (Lipinski definition) is 2. The van der Waals surface area contributed by atoms with Crippen LogP contribution in [-0.2, 0) is 4.79 Å². The van der Waals surface area contributed by atoms with E-state index in [2.05, 4.69) is 0 Å². The molecule has 2 N–H and O–H groups in total. The van der Waals surface area contributed by atoms with Crippen molar-refractivity contribution in [3.05, 3.63) is 41.7 Å². The van der Waals surface area contributed by atoms with E-state index in [1.165, 1.54) is 0 Å². The molecule has 0 radical (unpaired) electrons. The first kappa shape index (κ1) is 9.32. The Kier molecular flexibility index (Phi) is 2.69. The van der Waals surface area contributed by atoms with Gasteiger partial charge in [-0.05, 0) is 18.1 Å². The van der Waals surface area contributed by atoms with E-state index in [4.69, 9.17) is 10.2 Å². The molecule has 0 atom stereocenters. The maximum Gasteiger partial charge on any atom is 0.339 e. The van der Waals surface area contributed by atoms with Crippen LogP contribution in [0.4, 0.5) is 0 Å². The molecule has 3 nitrogen and oxygen atoms in total. The second-order valence-electron chi connectivity index (χ2n) is 2.66. The van der Waals surface area contributed by atoms with E-state index in [9.17, 15) is 4.79 Å². The molecule has 1 rings (SSSR count). The summed E-state index contributed by atoms with van der Waals surface area (Å²) in [7, 11) is 0. The van der Waals surface area contributed by atoms with Gasteiger partial charge in [0.1, 0.15) is 5.57 Å². The lowest BCUT2D eigenvalue weighted by molar-refractivity contribution is -0.130. The number of aryl methyl sites for hydroxylation is 1. The average Bonchev–Trinajstić information content (AvgIpc) is 2.09. The lowest BCUT2D eigenvalue weighted by Gasteiger charge is -2.03. The number of aliphatic hydroxyl groups is 1. The standard InChI is InChI=1S/C10H10O3/c1-7-4-2-3-5-8(7)9(6-11)10(12)13/h2-6,11H,1H3,(H,12,13)/b9-6-. The molecule has 0 bridgehead atoms. The number of benzene rings is 1. The van der Waals surface area contributed by atoms with Crippen LogP contribution in [0.25, 0.3) is 5.57 Å². The lowest BCUT2D eigenvalue weighted by atomic mass is 10.0. The summed E-state index contributed by atoms with van der Waals surface area (Å²) in [6.45, 7) is 1.79. The van der Waals surface area contributed by atoms with Crippen LogP contribution in [0.2, 0.25) is 0 Å². The summed E-state index contributed by atoms with van der Waals surface area (Å²) in [6.07, 6.45) is 0.616. The maximum atomic E-state index is 10.7. The van der Waals surface area contributed by atoms with Crippen molar-refractivity contribution in [2.45, 2.75) is 6.92 Å². The second kappa shape index (κ2) is 3.76. The topological polar surface area (TPSA) is 57.5 Å². The third-order valence-corrected chi connectivity index (χ3v) is 1.79. The quantitative estimate of drug-likeness (QED) is 0.537. The van der Waals surface area contributed by atoms with Gasteiger partial charge in [-0.1, -0.05) is 24.3 Å². The SMILES string of the molecule is Cc1ccccc1/C(=C/O)C(=O)O. The van der Waals surface area contributed by atoms with Crippen LogP contribution in [0.15, 0.2) is 30.5 Å². The van der Waals surface area contributed by atoms with E-state index in [0.29, 0.717) is 11.8 Å². The van der Waals surface area contributed by atoms with Crippen LogP contribution in [-0.4, -0.2) is 16.2 Å². The summed E-state index contributed by atoms with van der Waals surface area (Å²) in [4.78, 5) is 10.7. The van der Waals surface area contributed by atoms with Crippen molar-refractivity contribution < 1.29 is 15.0 Å². The number of rotatable bonds is 2. The molecule has 0 aromatic heterocycles. The number of hydrogen-bond donors (Lipinski definition) is 2. The first-order valence-corrected chi connectivity index (χ1v) is 3.80. The lowest BCUT2D eigenvalue weighted by Crippen LogP contribution is -2.01. The Bertz CT molecular complexity index is 353. The fourth-order valence-corrected chi connectivity index (χ4v) is 1.12. The van der Waals surface area contributed by atoms with Crippen molar-refractivity contribution >= 4 is 11.5 Å². The molecule has 0 fully saturated rings. The molecule has 1 aromatic carbocycles. The van der Waals surface area contributed by atoms with Gasteiger partial charge in [-0.3, -0.25) is 0 Å². The largest absolute Gasteiger partial charge is 0.515 e. The van der Waals surface area contributed by atoms with Gasteiger partial charge in [0.25, 0.3) is 0 Å². The molecule has 0 saturated carbocycles. The highest BCUT2D eigenvalue weighted by molar-refractivity contribution is 6.15. The summed E-state index contributed by atoms with van der Waals surface area (Å²) in [5.41, 5.74) is 1.28. The van der Waals surface area contributed by atoms with Crippen LogP contribution < -0.4 is 0 Å². The van der Waals surface area contributed by atoms with Crippen molar-refractivity contribution in [2.24, 2.45) is 0 Å². The van der Waals surface area contributed by atoms with Gasteiger partial charge in [-0.15, -0.1) is 0 Å². The van der Waals surface area contributed by atoms with Gasteiger partial charge in [-0.25, -0.2) is 4.79 Å². The highest BCUT2D eigenvalue weighted by atomic mass is 16.4. The van der Waals surface area contributed by atoms with Crippen LogP contribution in [0.3, 0.4) is 0 Å². The molecular weight excluding hydrogens is 168 g/mol. The molecule has 0 heterocycles. The van der Waals surface area contributed by atoms with E-state index in [1.807, 2.05) is 6.07 Å². The Hall–Kier alpha value is -1.77. The molecule has 1 aromatic rings. The van der Waals surface area contributed by atoms with Crippen LogP contribution in [0.5, 0.6) is 0 Å². The minimum Gasteiger partial charge on any atom is -0.515 e. The van der Waals surface area contributed by atoms with Crippen molar-refractivity contribution in [3.63, 3.8) is 0 Å². The zero-order valence-electron chi connectivity index (χ0n) is 7.19. The number of aliphatic carboxylic acids is 1. The summed E-state index contributed by atoms with van der Waals surface area (Å²) in [5.74, 6) is -1.13. The Morgan fingerprint density at radius 2 is 2.00 bits per heavy atom. The number of carboxylic acids is 1. The Morgan fingerprint density at radius 3 is 2.46 bits per heavy atom. The molecule has 0 saturated heterocycles. The normalized spacial score (nSPS) is 11.3. The second-order valence-corrected chi connectivity index (χ2v) is 2.66. The van der Waals surface area contributed by atoms with Crippen molar-refractivity contribution in [3.8, 4) is 0 Å². The van der Waals surface area contributed by atoms with Gasteiger partial charge >= 0.3 is 5.97 Å². The molecule has 0 aliphatic heterocycles. The van der Waals surface area contributed by atoms with Gasteiger partial charge < -0.3 is 10.2 Å². The monoisotopic (exact) mass is 178 g/mol. The van der Waals surface area contributed by atoms with Gasteiger partial charge in [0.2, 0.25) is 0 Å². The molecule has 0 aliphatic rings. The van der Waals surface area contributed by atoms with Gasteiger partial charge in [0, 0.05) is 0 Å². The van der Waals surface area contributed by atoms with Gasteiger partial charge in [-0.2, -0.15) is 0 Å². The van der Waals surface area contributed by atoms with Crippen LogP contribution in [0, 0.1) is 6.92 Å². The maximum absolute atomic E-state index is 10.7. The Balaban J connectivity index is 3.21. The van der Waals surface area contributed by atoms with E-state index in [1.54, 1.807) is 25.1 Å². The molecular formula is C10H10O3. The summed E-state index contributed by atoms with van der Waals surface area (Å²) in [5, 5.41) is 17.5. The van der Waals surface area contributed by atoms with E-state index < -0.39 is 5.97 Å². The molecule has 0 unspecified atom stereocenters. The third-order valence-electron chi connectivity index (χ3n) is 1.79. The van der Waals surface area contributed by atoms with E-state index in [-0.39, 0.29) is 5.57 Å². The van der Waals surface area contributed by atoms with E-state index in [0.717, 1.165) is 5.56 Å². The average molecular weight is 178 g/mol. The Labute approximate surface area is 76.0 Å². The predicted molar refractivity (Wildman–Crippen MR) is 49.4 cm³/mol. The Morgan fingerprint density at radius 1 is 1.38 bits per heavy atom. The molecule has 0 spiro atoms. The summed E-state index contributed by atoms with van der Waals surface area (Å²) < 4.78 is 0. The number of carboxylic acid groups (broad SMARTS) is 1. The molecule has 0 aliphatic carbocycles. The predicted octanol–water partition coefficient (Wildman–Crippen LogP) is 1.98. The van der Waals surface area contributed by atoms with Crippen molar-refractivity contribution in [1.29, 1.82) is 0 Å². The highest BCUT2D eigenvalue weighted by Gasteiger charge is 2.11. The first-order chi connectivity index (χ1) is 6.16. The molecule has 0 amide bonds. The van der Waals surface area contributed by atoms with Gasteiger partial charge in [0.15, 0.2) is 0 Å². The van der Waals surface area contributed by atoms with Crippen molar-refractivity contribution in [2.75, 3.05) is 0 Å². The minimum atomic E-state index is -1.13. The summed E-state index contributed by atoms with van der Waals surface area (Å²) in [6, 6.07) is 7.00.